The Hall–Kier alpha value is -5.67. The summed E-state index contributed by atoms with van der Waals surface area (Å²) in [5.74, 6) is 4.79. The molecule has 0 atom stereocenters. The third-order valence-electron chi connectivity index (χ3n) is 18.0. The largest absolute Gasteiger partial charge is 0.208 e. The third-order valence-corrected chi connectivity index (χ3v) is 18.0. The van der Waals surface area contributed by atoms with Gasteiger partial charge in [0.25, 0.3) is 0 Å². The minimum Gasteiger partial charge on any atom is -0.208 e. The maximum Gasteiger partial charge on any atom is 0.164 e. The Bertz CT molecular complexity index is 2780. The van der Waals surface area contributed by atoms with Crippen LogP contribution in [0.5, 0.6) is 0 Å². The van der Waals surface area contributed by atoms with Gasteiger partial charge in [-0.3, -0.25) is 0 Å². The average Bonchev–Trinajstić information content (AvgIpc) is 3.45. The van der Waals surface area contributed by atoms with E-state index in [2.05, 4.69) is 169 Å². The van der Waals surface area contributed by atoms with Crippen molar-refractivity contribution < 1.29 is 0 Å². The molecule has 0 amide bonds. The summed E-state index contributed by atoms with van der Waals surface area (Å²) in [7, 11) is 0. The Kier molecular flexibility index (Phi) is 14.9. The van der Waals surface area contributed by atoms with Gasteiger partial charge in [-0.05, 0) is 159 Å². The normalized spacial score (nSPS) is 17.9. The zero-order chi connectivity index (χ0) is 50.8. The molecule has 0 unspecified atom stereocenters. The molecule has 0 aliphatic heterocycles. The van der Waals surface area contributed by atoms with Gasteiger partial charge < -0.3 is 0 Å². The number of aromatic nitrogens is 3. The molecule has 11 rings (SSSR count). The van der Waals surface area contributed by atoms with Crippen molar-refractivity contribution in [3.8, 4) is 67.5 Å². The van der Waals surface area contributed by atoms with Crippen molar-refractivity contribution >= 4 is 0 Å². The van der Waals surface area contributed by atoms with Gasteiger partial charge in [0.15, 0.2) is 17.5 Å². The SMILES string of the molecule is CC(C)(C)c1cc(-c2cccc(-c3nc(-c4ccc(-c5cc(C6CCCCC6)cc(C6CCCCC6)c5)cc4)nc(-c4ccc(-c5cc(C6CCCCC6)cc(C6CCCCC6)c5)cc4)n3)c2)cc(C(C)(C)C)c1. The fourth-order valence-electron chi connectivity index (χ4n) is 13.3. The summed E-state index contributed by atoms with van der Waals surface area (Å²) in [5, 5.41) is 0. The first-order valence-electron chi connectivity index (χ1n) is 29.4. The molecule has 0 radical (unpaired) electrons. The maximum atomic E-state index is 5.35. The summed E-state index contributed by atoms with van der Waals surface area (Å²) in [5.41, 5.74) is 19.6. The van der Waals surface area contributed by atoms with Crippen LogP contribution in [-0.4, -0.2) is 15.0 Å². The highest BCUT2D eigenvalue weighted by molar-refractivity contribution is 5.76. The van der Waals surface area contributed by atoms with Crippen LogP contribution >= 0.6 is 0 Å². The number of rotatable bonds is 10. The van der Waals surface area contributed by atoms with Crippen molar-refractivity contribution in [2.45, 2.75) is 204 Å². The predicted molar refractivity (Wildman–Crippen MR) is 313 cm³/mol. The van der Waals surface area contributed by atoms with Gasteiger partial charge in [-0.15, -0.1) is 0 Å². The van der Waals surface area contributed by atoms with Crippen LogP contribution in [0.3, 0.4) is 0 Å². The molecule has 7 aromatic rings. The summed E-state index contributed by atoms with van der Waals surface area (Å²) in [6.45, 7) is 13.9. The molecule has 4 aliphatic rings. The van der Waals surface area contributed by atoms with Gasteiger partial charge in [-0.2, -0.15) is 0 Å². The average molecular weight is 978 g/mol. The first-order chi connectivity index (χ1) is 35.9. The van der Waals surface area contributed by atoms with E-state index in [0.29, 0.717) is 41.1 Å². The molecular formula is C71H83N3. The standard InChI is InChI=1S/C71H83N3/c1-70(2,3)65-45-64(46-66(47-65)71(4,5)6)56-28-19-29-57(38-56)69-73-67(54-34-30-52(31-35-54)62-41-58(48-20-11-7-12-21-48)39-59(42-62)49-22-13-8-14-23-49)72-68(74-69)55-36-32-53(33-37-55)63-43-60(50-24-15-9-16-25-50)40-61(44-63)51-26-17-10-18-27-51/h19,28-51H,7-18,20-27H2,1-6H3. The molecule has 0 N–H and O–H groups in total. The van der Waals surface area contributed by atoms with E-state index in [9.17, 15) is 0 Å². The summed E-state index contributed by atoms with van der Waals surface area (Å²) in [6.07, 6.45) is 26.9. The zero-order valence-corrected chi connectivity index (χ0v) is 45.9. The van der Waals surface area contributed by atoms with E-state index in [1.54, 1.807) is 22.3 Å². The number of hydrogen-bond donors (Lipinski definition) is 0. The first-order valence-corrected chi connectivity index (χ1v) is 29.4. The minimum atomic E-state index is 0.0163. The topological polar surface area (TPSA) is 38.7 Å². The molecule has 3 heteroatoms. The van der Waals surface area contributed by atoms with Crippen LogP contribution < -0.4 is 0 Å². The Morgan fingerprint density at radius 2 is 0.568 bits per heavy atom. The Labute approximate surface area is 445 Å². The summed E-state index contributed by atoms with van der Waals surface area (Å²) < 4.78 is 0. The molecule has 0 bridgehead atoms. The Morgan fingerprint density at radius 1 is 0.270 bits per heavy atom. The van der Waals surface area contributed by atoms with Crippen molar-refractivity contribution in [1.29, 1.82) is 0 Å². The molecule has 74 heavy (non-hydrogen) atoms. The van der Waals surface area contributed by atoms with E-state index < -0.39 is 0 Å². The van der Waals surface area contributed by atoms with E-state index in [4.69, 9.17) is 15.0 Å². The Balaban J connectivity index is 0.981. The van der Waals surface area contributed by atoms with Crippen LogP contribution in [0.15, 0.2) is 127 Å². The molecule has 4 fully saturated rings. The van der Waals surface area contributed by atoms with Gasteiger partial charge in [0, 0.05) is 16.7 Å². The fourth-order valence-corrected chi connectivity index (χ4v) is 13.3. The molecule has 6 aromatic carbocycles. The molecule has 0 spiro atoms. The van der Waals surface area contributed by atoms with Crippen LogP contribution in [0.1, 0.15) is 227 Å². The number of nitrogens with zero attached hydrogens (tertiary/aromatic N) is 3. The summed E-state index contributed by atoms with van der Waals surface area (Å²) >= 11 is 0. The highest BCUT2D eigenvalue weighted by atomic mass is 15.0. The van der Waals surface area contributed by atoms with E-state index in [1.165, 1.54) is 173 Å². The molecule has 1 aromatic heterocycles. The molecule has 0 saturated heterocycles. The first kappa shape index (κ1) is 50.5. The molecule has 382 valence electrons. The van der Waals surface area contributed by atoms with Crippen LogP contribution in [0, 0.1) is 0 Å². The summed E-state index contributed by atoms with van der Waals surface area (Å²) in [4.78, 5) is 16.0. The van der Waals surface area contributed by atoms with E-state index in [-0.39, 0.29) is 10.8 Å². The van der Waals surface area contributed by atoms with E-state index >= 15 is 0 Å². The smallest absolute Gasteiger partial charge is 0.164 e. The molecule has 4 aliphatic carbocycles. The third kappa shape index (κ3) is 11.6. The van der Waals surface area contributed by atoms with Gasteiger partial charge >= 0.3 is 0 Å². The van der Waals surface area contributed by atoms with Crippen molar-refractivity contribution in [1.82, 2.24) is 15.0 Å². The predicted octanol–water partition coefficient (Wildman–Crippen LogP) is 20.7. The highest BCUT2D eigenvalue weighted by Gasteiger charge is 2.25. The van der Waals surface area contributed by atoms with Crippen LogP contribution in [-0.2, 0) is 10.8 Å². The van der Waals surface area contributed by atoms with Crippen molar-refractivity contribution in [2.24, 2.45) is 0 Å². The van der Waals surface area contributed by atoms with Gasteiger partial charge in [-0.1, -0.05) is 240 Å². The van der Waals surface area contributed by atoms with Gasteiger partial charge in [0.2, 0.25) is 0 Å². The fraction of sp³-hybridized carbons (Fsp3) is 0.451. The molecule has 1 heterocycles. The monoisotopic (exact) mass is 978 g/mol. The van der Waals surface area contributed by atoms with E-state index in [0.717, 1.165) is 16.7 Å². The second-order valence-corrected chi connectivity index (χ2v) is 25.5. The second-order valence-electron chi connectivity index (χ2n) is 25.5. The van der Waals surface area contributed by atoms with Crippen LogP contribution in [0.4, 0.5) is 0 Å². The molecule has 4 saturated carbocycles. The van der Waals surface area contributed by atoms with Gasteiger partial charge in [-0.25, -0.2) is 15.0 Å². The minimum absolute atomic E-state index is 0.0163. The highest BCUT2D eigenvalue weighted by Crippen LogP contribution is 2.43. The van der Waals surface area contributed by atoms with Crippen LogP contribution in [0.25, 0.3) is 67.5 Å². The summed E-state index contributed by atoms with van der Waals surface area (Å²) in [6, 6.07) is 49.6. The van der Waals surface area contributed by atoms with Gasteiger partial charge in [0.05, 0.1) is 0 Å². The van der Waals surface area contributed by atoms with E-state index in [1.807, 2.05) is 0 Å². The zero-order valence-electron chi connectivity index (χ0n) is 45.9. The Morgan fingerprint density at radius 3 is 0.905 bits per heavy atom. The lowest BCUT2D eigenvalue weighted by Crippen LogP contribution is -2.16. The quantitative estimate of drug-likeness (QED) is 0.137. The van der Waals surface area contributed by atoms with Crippen molar-refractivity contribution in [3.05, 3.63) is 161 Å². The molecular weight excluding hydrogens is 895 g/mol. The lowest BCUT2D eigenvalue weighted by molar-refractivity contribution is 0.435. The second kappa shape index (κ2) is 21.9. The maximum absolute atomic E-state index is 5.35. The number of hydrogen-bond acceptors (Lipinski definition) is 3. The van der Waals surface area contributed by atoms with Crippen molar-refractivity contribution in [2.75, 3.05) is 0 Å². The van der Waals surface area contributed by atoms with Crippen LogP contribution in [0.2, 0.25) is 0 Å². The van der Waals surface area contributed by atoms with Crippen molar-refractivity contribution in [3.63, 3.8) is 0 Å². The number of benzene rings is 6. The van der Waals surface area contributed by atoms with Gasteiger partial charge in [0.1, 0.15) is 0 Å². The lowest BCUT2D eigenvalue weighted by Gasteiger charge is -2.27. The molecule has 3 nitrogen and oxygen atoms in total. The lowest BCUT2D eigenvalue weighted by atomic mass is 9.78.